The van der Waals surface area contributed by atoms with Gasteiger partial charge in [0.1, 0.15) is 12.4 Å². The average molecular weight is 227 g/mol. The Balaban J connectivity index is 2.81. The van der Waals surface area contributed by atoms with E-state index in [9.17, 15) is 4.39 Å². The highest BCUT2D eigenvalue weighted by atomic mass is 35.5. The second-order valence-electron chi connectivity index (χ2n) is 2.92. The van der Waals surface area contributed by atoms with Crippen molar-refractivity contribution in [2.45, 2.75) is 6.42 Å². The molecule has 0 fully saturated rings. The Labute approximate surface area is 93.8 Å². The minimum absolute atomic E-state index is 0.195. The van der Waals surface area contributed by atoms with E-state index < -0.39 is 0 Å². The largest absolute Gasteiger partial charge is 0.489 e. The van der Waals surface area contributed by atoms with Gasteiger partial charge in [-0.05, 0) is 30.2 Å². The molecule has 0 saturated carbocycles. The van der Waals surface area contributed by atoms with E-state index in [2.05, 4.69) is 6.58 Å². The van der Waals surface area contributed by atoms with E-state index in [4.69, 9.17) is 16.3 Å². The van der Waals surface area contributed by atoms with Crippen LogP contribution in [0, 0.1) is 0 Å². The lowest BCUT2D eigenvalue weighted by Gasteiger charge is -2.08. The van der Waals surface area contributed by atoms with Crippen LogP contribution < -0.4 is 4.74 Å². The summed E-state index contributed by atoms with van der Waals surface area (Å²) in [6.07, 6.45) is 4.23. The summed E-state index contributed by atoms with van der Waals surface area (Å²) < 4.78 is 17.1. The SMILES string of the molecule is C=CCc1ccc(Cl)cc1OC/C=C/F. The molecule has 1 nitrogen and oxygen atoms in total. The van der Waals surface area contributed by atoms with Crippen LogP contribution in [0.4, 0.5) is 4.39 Å². The first-order chi connectivity index (χ1) is 7.27. The summed E-state index contributed by atoms with van der Waals surface area (Å²) in [5.74, 6) is 0.667. The zero-order valence-electron chi connectivity index (χ0n) is 8.25. The molecule has 80 valence electrons. The summed E-state index contributed by atoms with van der Waals surface area (Å²) in [4.78, 5) is 0. The molecule has 0 aliphatic heterocycles. The van der Waals surface area contributed by atoms with Crippen molar-refractivity contribution in [2.24, 2.45) is 0 Å². The number of hydrogen-bond donors (Lipinski definition) is 0. The summed E-state index contributed by atoms with van der Waals surface area (Å²) in [5.41, 5.74) is 0.988. The van der Waals surface area contributed by atoms with Gasteiger partial charge in [0.05, 0.1) is 6.33 Å². The van der Waals surface area contributed by atoms with Crippen molar-refractivity contribution in [3.8, 4) is 5.75 Å². The van der Waals surface area contributed by atoms with Crippen LogP contribution in [0.5, 0.6) is 5.75 Å². The van der Waals surface area contributed by atoms with E-state index in [-0.39, 0.29) is 6.61 Å². The maximum Gasteiger partial charge on any atom is 0.124 e. The molecule has 0 amide bonds. The van der Waals surface area contributed by atoms with Gasteiger partial charge in [-0.2, -0.15) is 0 Å². The molecular weight excluding hydrogens is 215 g/mol. The first kappa shape index (κ1) is 11.8. The van der Waals surface area contributed by atoms with Crippen LogP contribution in [0.2, 0.25) is 5.02 Å². The lowest BCUT2D eigenvalue weighted by Crippen LogP contribution is -1.97. The van der Waals surface area contributed by atoms with Crippen molar-refractivity contribution in [1.29, 1.82) is 0 Å². The van der Waals surface area contributed by atoms with Gasteiger partial charge < -0.3 is 4.74 Å². The topological polar surface area (TPSA) is 9.23 Å². The molecule has 0 atom stereocenters. The molecule has 0 N–H and O–H groups in total. The Morgan fingerprint density at radius 3 is 2.93 bits per heavy atom. The predicted molar refractivity (Wildman–Crippen MR) is 61.1 cm³/mol. The zero-order chi connectivity index (χ0) is 11.1. The molecule has 1 rings (SSSR count). The summed E-state index contributed by atoms with van der Waals surface area (Å²) in [5, 5.41) is 0.599. The number of hydrogen-bond acceptors (Lipinski definition) is 1. The van der Waals surface area contributed by atoms with Gasteiger partial charge in [0, 0.05) is 5.02 Å². The van der Waals surface area contributed by atoms with Crippen LogP contribution in [0.25, 0.3) is 0 Å². The molecule has 0 saturated heterocycles. The maximum atomic E-state index is 11.7. The third-order valence-corrected chi connectivity index (χ3v) is 2.05. The molecule has 0 aliphatic carbocycles. The number of rotatable bonds is 5. The van der Waals surface area contributed by atoms with Crippen molar-refractivity contribution < 1.29 is 9.13 Å². The second-order valence-corrected chi connectivity index (χ2v) is 3.35. The fraction of sp³-hybridized carbons (Fsp3) is 0.167. The summed E-state index contributed by atoms with van der Waals surface area (Å²) in [6, 6.07) is 5.38. The lowest BCUT2D eigenvalue weighted by atomic mass is 10.1. The van der Waals surface area contributed by atoms with E-state index in [1.165, 1.54) is 6.08 Å². The molecule has 0 aliphatic rings. The minimum Gasteiger partial charge on any atom is -0.489 e. The van der Waals surface area contributed by atoms with Crippen molar-refractivity contribution in [3.05, 3.63) is 53.8 Å². The fourth-order valence-corrected chi connectivity index (χ4v) is 1.32. The zero-order valence-corrected chi connectivity index (χ0v) is 9.01. The van der Waals surface area contributed by atoms with Crippen LogP contribution in [-0.4, -0.2) is 6.61 Å². The molecule has 15 heavy (non-hydrogen) atoms. The molecule has 0 unspecified atom stereocenters. The van der Waals surface area contributed by atoms with E-state index >= 15 is 0 Å². The molecule has 0 radical (unpaired) electrons. The third-order valence-electron chi connectivity index (χ3n) is 1.82. The maximum absolute atomic E-state index is 11.7. The smallest absolute Gasteiger partial charge is 0.124 e. The normalized spacial score (nSPS) is 10.5. The standard InChI is InChI=1S/C12H12ClFO/c1-2-4-10-5-6-11(13)9-12(10)15-8-3-7-14/h2-3,5-7,9H,1,4,8H2/b7-3+. The average Bonchev–Trinajstić information content (AvgIpc) is 2.22. The third kappa shape index (κ3) is 3.76. The molecule has 1 aromatic rings. The van der Waals surface area contributed by atoms with Gasteiger partial charge in [-0.1, -0.05) is 23.7 Å². The molecule has 0 heterocycles. The Morgan fingerprint density at radius 2 is 2.27 bits per heavy atom. The van der Waals surface area contributed by atoms with Gasteiger partial charge in [0.2, 0.25) is 0 Å². The Hall–Kier alpha value is -1.28. The minimum atomic E-state index is 0.195. The Morgan fingerprint density at radius 1 is 1.47 bits per heavy atom. The Kier molecular flexibility index (Phi) is 4.91. The van der Waals surface area contributed by atoms with Crippen LogP contribution in [0.3, 0.4) is 0 Å². The first-order valence-corrected chi connectivity index (χ1v) is 4.93. The number of halogens is 2. The van der Waals surface area contributed by atoms with Crippen molar-refractivity contribution in [2.75, 3.05) is 6.61 Å². The highest BCUT2D eigenvalue weighted by Crippen LogP contribution is 2.24. The molecule has 1 aromatic carbocycles. The molecule has 0 bridgehead atoms. The molecule has 3 heteroatoms. The van der Waals surface area contributed by atoms with Gasteiger partial charge in [0.25, 0.3) is 0 Å². The first-order valence-electron chi connectivity index (χ1n) is 4.55. The monoisotopic (exact) mass is 226 g/mol. The van der Waals surface area contributed by atoms with Crippen molar-refractivity contribution in [3.63, 3.8) is 0 Å². The highest BCUT2D eigenvalue weighted by Gasteiger charge is 2.02. The Bertz CT molecular complexity index is 361. The predicted octanol–water partition coefficient (Wildman–Crippen LogP) is 3.93. The molecular formula is C12H12ClFO. The second kappa shape index (κ2) is 6.25. The number of allylic oxidation sites excluding steroid dienone is 1. The van der Waals surface area contributed by atoms with E-state index in [0.717, 1.165) is 5.56 Å². The van der Waals surface area contributed by atoms with Crippen molar-refractivity contribution >= 4 is 11.6 Å². The number of benzene rings is 1. The van der Waals surface area contributed by atoms with Gasteiger partial charge >= 0.3 is 0 Å². The van der Waals surface area contributed by atoms with E-state index in [1.54, 1.807) is 18.2 Å². The van der Waals surface area contributed by atoms with Crippen LogP contribution in [0.1, 0.15) is 5.56 Å². The summed E-state index contributed by atoms with van der Waals surface area (Å²) in [6.45, 7) is 3.85. The highest BCUT2D eigenvalue weighted by molar-refractivity contribution is 6.30. The van der Waals surface area contributed by atoms with Crippen LogP contribution in [-0.2, 0) is 6.42 Å². The van der Waals surface area contributed by atoms with E-state index in [1.807, 2.05) is 6.07 Å². The van der Waals surface area contributed by atoms with Crippen LogP contribution >= 0.6 is 11.6 Å². The number of ether oxygens (including phenoxy) is 1. The fourth-order valence-electron chi connectivity index (χ4n) is 1.16. The van der Waals surface area contributed by atoms with Gasteiger partial charge in [-0.25, -0.2) is 4.39 Å². The molecule has 0 spiro atoms. The van der Waals surface area contributed by atoms with Crippen molar-refractivity contribution in [1.82, 2.24) is 0 Å². The van der Waals surface area contributed by atoms with E-state index in [0.29, 0.717) is 23.5 Å². The van der Waals surface area contributed by atoms with Gasteiger partial charge in [0.15, 0.2) is 0 Å². The quantitative estimate of drug-likeness (QED) is 0.692. The van der Waals surface area contributed by atoms with Gasteiger partial charge in [-0.3, -0.25) is 0 Å². The molecule has 0 aromatic heterocycles. The van der Waals surface area contributed by atoms with Crippen LogP contribution in [0.15, 0.2) is 43.3 Å². The summed E-state index contributed by atoms with van der Waals surface area (Å²) in [7, 11) is 0. The van der Waals surface area contributed by atoms with Gasteiger partial charge in [-0.15, -0.1) is 6.58 Å². The summed E-state index contributed by atoms with van der Waals surface area (Å²) >= 11 is 5.83. The lowest BCUT2D eigenvalue weighted by molar-refractivity contribution is 0.358.